The highest BCUT2D eigenvalue weighted by Gasteiger charge is 2.50. The summed E-state index contributed by atoms with van der Waals surface area (Å²) >= 11 is 0. The second-order valence-electron chi connectivity index (χ2n) is 10.1. The molecule has 1 aromatic rings. The number of aliphatic hydroxyl groups is 1. The van der Waals surface area contributed by atoms with E-state index in [2.05, 4.69) is 15.1 Å². The van der Waals surface area contributed by atoms with E-state index in [1.54, 1.807) is 0 Å². The van der Waals surface area contributed by atoms with Crippen LogP contribution in [-0.4, -0.2) is 59.9 Å². The lowest BCUT2D eigenvalue weighted by atomic mass is 9.78. The van der Waals surface area contributed by atoms with E-state index in [1.165, 1.54) is 0 Å². The number of hydrogen-bond acceptors (Lipinski definition) is 5. The predicted molar refractivity (Wildman–Crippen MR) is 125 cm³/mol. The minimum Gasteiger partial charge on any atom is -0.447 e. The molecule has 7 nitrogen and oxygen atoms in total. The molecule has 1 aromatic carbocycles. The van der Waals surface area contributed by atoms with Gasteiger partial charge in [0.1, 0.15) is 0 Å². The van der Waals surface area contributed by atoms with Crippen molar-refractivity contribution >= 4 is 23.4 Å². The second-order valence-corrected chi connectivity index (χ2v) is 10.1. The maximum atomic E-state index is 13.6. The molecular weight excluding hydrogens is 406 g/mol. The van der Waals surface area contributed by atoms with Crippen LogP contribution in [0.1, 0.15) is 64.4 Å². The van der Waals surface area contributed by atoms with Crippen molar-refractivity contribution in [3.05, 3.63) is 23.8 Å². The van der Waals surface area contributed by atoms with E-state index in [4.69, 9.17) is 4.74 Å². The first-order chi connectivity index (χ1) is 15.3. The van der Waals surface area contributed by atoms with E-state index < -0.39 is 6.09 Å². The number of nitrogens with zero attached hydrogens (tertiary/aromatic N) is 2. The Hall–Kier alpha value is -2.28. The molecule has 4 rings (SSSR count). The highest BCUT2D eigenvalue weighted by molar-refractivity contribution is 5.87. The fourth-order valence-electron chi connectivity index (χ4n) is 5.73. The molecule has 2 saturated heterocycles. The van der Waals surface area contributed by atoms with Crippen molar-refractivity contribution in [2.45, 2.75) is 84.0 Å². The lowest BCUT2D eigenvalue weighted by Gasteiger charge is -2.42. The van der Waals surface area contributed by atoms with Crippen molar-refractivity contribution in [3.63, 3.8) is 0 Å². The first kappa shape index (κ1) is 22.9. The van der Waals surface area contributed by atoms with Gasteiger partial charge < -0.3 is 19.6 Å². The zero-order valence-electron chi connectivity index (χ0n) is 19.6. The smallest absolute Gasteiger partial charge is 0.411 e. The number of carbonyl (C=O) groups excluding carboxylic acids is 2. The third-order valence-electron chi connectivity index (χ3n) is 7.36. The Kier molecular flexibility index (Phi) is 6.65. The molecular formula is C25H37N3O4. The molecule has 176 valence electrons. The van der Waals surface area contributed by atoms with Gasteiger partial charge in [0.25, 0.3) is 0 Å². The quantitative estimate of drug-likeness (QED) is 0.733. The molecule has 32 heavy (non-hydrogen) atoms. The third-order valence-corrected chi connectivity index (χ3v) is 7.36. The lowest BCUT2D eigenvalue weighted by molar-refractivity contribution is -0.139. The molecule has 2 amide bonds. The van der Waals surface area contributed by atoms with Gasteiger partial charge in [-0.15, -0.1) is 0 Å². The summed E-state index contributed by atoms with van der Waals surface area (Å²) in [6.45, 7) is 8.22. The lowest BCUT2D eigenvalue weighted by Crippen LogP contribution is -2.50. The monoisotopic (exact) mass is 443 g/mol. The van der Waals surface area contributed by atoms with Gasteiger partial charge in [-0.3, -0.25) is 10.1 Å². The number of anilines is 2. The molecule has 1 aliphatic carbocycles. The van der Waals surface area contributed by atoms with Gasteiger partial charge in [-0.05, 0) is 89.5 Å². The van der Waals surface area contributed by atoms with Crippen molar-refractivity contribution in [1.29, 1.82) is 0 Å². The van der Waals surface area contributed by atoms with Gasteiger partial charge in [0.2, 0.25) is 5.91 Å². The van der Waals surface area contributed by atoms with Crippen LogP contribution in [-0.2, 0) is 9.53 Å². The van der Waals surface area contributed by atoms with Crippen LogP contribution in [0.3, 0.4) is 0 Å². The highest BCUT2D eigenvalue weighted by Crippen LogP contribution is 2.44. The van der Waals surface area contributed by atoms with Gasteiger partial charge >= 0.3 is 6.09 Å². The molecule has 7 heteroatoms. The number of likely N-dealkylation sites (tertiary alicyclic amines) is 1. The number of ether oxygens (including phenoxy) is 1. The average Bonchev–Trinajstić information content (AvgIpc) is 3.03. The average molecular weight is 444 g/mol. The van der Waals surface area contributed by atoms with Crippen LogP contribution in [0.2, 0.25) is 0 Å². The normalized spacial score (nSPS) is 28.5. The zero-order chi connectivity index (χ0) is 22.9. The summed E-state index contributed by atoms with van der Waals surface area (Å²) in [6, 6.07) is 6.20. The fraction of sp³-hybridized carbons (Fsp3) is 0.680. The standard InChI is InChI=1S/C25H37N3O4/c1-17(2)32-24(31)26-19-5-10-22(18(3)15-19)27-13-4-11-25(16-27)12-14-28(23(25)30)20-6-8-21(29)9-7-20/h5,10,15,17,20-21,29H,4,6-9,11-14,16H2,1-3H3,(H,26,31)/t20-,21-,25-/m1/s1. The van der Waals surface area contributed by atoms with Crippen LogP contribution in [0.25, 0.3) is 0 Å². The summed E-state index contributed by atoms with van der Waals surface area (Å²) in [6.07, 6.45) is 5.50. The maximum Gasteiger partial charge on any atom is 0.411 e. The van der Waals surface area contributed by atoms with Crippen molar-refractivity contribution in [2.75, 3.05) is 29.9 Å². The van der Waals surface area contributed by atoms with E-state index in [-0.39, 0.29) is 17.6 Å². The van der Waals surface area contributed by atoms with E-state index in [1.807, 2.05) is 39.0 Å². The van der Waals surface area contributed by atoms with E-state index >= 15 is 0 Å². The topological polar surface area (TPSA) is 82.1 Å². The van der Waals surface area contributed by atoms with Crippen molar-refractivity contribution < 1.29 is 19.4 Å². The molecule has 1 spiro atoms. The van der Waals surface area contributed by atoms with Gasteiger partial charge in [0.05, 0.1) is 17.6 Å². The summed E-state index contributed by atoms with van der Waals surface area (Å²) in [5, 5.41) is 12.6. The summed E-state index contributed by atoms with van der Waals surface area (Å²) in [5.74, 6) is 0.316. The Balaban J connectivity index is 1.44. The Labute approximate surface area is 191 Å². The van der Waals surface area contributed by atoms with Crippen LogP contribution in [0.4, 0.5) is 16.2 Å². The van der Waals surface area contributed by atoms with Crippen LogP contribution in [0.15, 0.2) is 18.2 Å². The van der Waals surface area contributed by atoms with Crippen LogP contribution in [0, 0.1) is 12.3 Å². The van der Waals surface area contributed by atoms with Crippen molar-refractivity contribution in [2.24, 2.45) is 5.41 Å². The van der Waals surface area contributed by atoms with Crippen LogP contribution in [0.5, 0.6) is 0 Å². The Morgan fingerprint density at radius 2 is 1.94 bits per heavy atom. The number of aliphatic hydroxyl groups excluding tert-OH is 1. The van der Waals surface area contributed by atoms with Gasteiger partial charge in [0, 0.05) is 37.1 Å². The highest BCUT2D eigenvalue weighted by atomic mass is 16.6. The summed E-state index contributed by atoms with van der Waals surface area (Å²) in [7, 11) is 0. The van der Waals surface area contributed by atoms with Gasteiger partial charge in [-0.2, -0.15) is 0 Å². The molecule has 3 fully saturated rings. The van der Waals surface area contributed by atoms with Crippen LogP contribution >= 0.6 is 0 Å². The Morgan fingerprint density at radius 1 is 1.19 bits per heavy atom. The number of benzene rings is 1. The maximum absolute atomic E-state index is 13.6. The van der Waals surface area contributed by atoms with Gasteiger partial charge in [0.15, 0.2) is 0 Å². The number of hydrogen-bond donors (Lipinski definition) is 2. The van der Waals surface area contributed by atoms with Crippen LogP contribution < -0.4 is 10.2 Å². The van der Waals surface area contributed by atoms with Crippen molar-refractivity contribution in [3.8, 4) is 0 Å². The van der Waals surface area contributed by atoms with Gasteiger partial charge in [-0.25, -0.2) is 4.79 Å². The largest absolute Gasteiger partial charge is 0.447 e. The molecule has 3 aliphatic rings. The molecule has 1 atom stereocenters. The molecule has 0 aromatic heterocycles. The summed E-state index contributed by atoms with van der Waals surface area (Å²) in [5.41, 5.74) is 2.62. The van der Waals surface area contributed by atoms with Gasteiger partial charge in [-0.1, -0.05) is 0 Å². The predicted octanol–water partition coefficient (Wildman–Crippen LogP) is 4.07. The number of piperidine rings is 1. The molecule has 0 radical (unpaired) electrons. The molecule has 2 aliphatic heterocycles. The number of aryl methyl sites for hydroxylation is 1. The van der Waals surface area contributed by atoms with E-state index in [9.17, 15) is 14.7 Å². The minimum absolute atomic E-state index is 0.165. The van der Waals surface area contributed by atoms with Crippen molar-refractivity contribution in [1.82, 2.24) is 4.90 Å². The third kappa shape index (κ3) is 4.72. The molecule has 0 unspecified atom stereocenters. The molecule has 1 saturated carbocycles. The molecule has 2 N–H and O–H groups in total. The molecule has 0 bridgehead atoms. The Bertz CT molecular complexity index is 850. The number of carbonyl (C=O) groups is 2. The first-order valence-electron chi connectivity index (χ1n) is 12.1. The Morgan fingerprint density at radius 3 is 2.62 bits per heavy atom. The van der Waals surface area contributed by atoms with E-state index in [0.29, 0.717) is 17.6 Å². The SMILES string of the molecule is Cc1cc(NC(=O)OC(C)C)ccc1N1CCC[C@@]2(CCN([C@H]3CC[C@H](O)CC3)C2=O)C1. The number of amides is 2. The zero-order valence-corrected chi connectivity index (χ0v) is 19.6. The fourth-order valence-corrected chi connectivity index (χ4v) is 5.73. The summed E-state index contributed by atoms with van der Waals surface area (Å²) in [4.78, 5) is 29.9. The molecule has 2 heterocycles. The second kappa shape index (κ2) is 9.30. The summed E-state index contributed by atoms with van der Waals surface area (Å²) < 4.78 is 5.17. The minimum atomic E-state index is -0.448. The number of nitrogens with one attached hydrogen (secondary N) is 1. The number of rotatable bonds is 4. The first-order valence-corrected chi connectivity index (χ1v) is 12.1. The van der Waals surface area contributed by atoms with E-state index in [0.717, 1.165) is 75.8 Å².